The van der Waals surface area contributed by atoms with E-state index in [9.17, 15) is 22.7 Å². The quantitative estimate of drug-likeness (QED) is 0.129. The summed E-state index contributed by atoms with van der Waals surface area (Å²) in [5.74, 6) is -2.73. The van der Waals surface area contributed by atoms with Gasteiger partial charge in [0.15, 0.2) is 6.29 Å². The summed E-state index contributed by atoms with van der Waals surface area (Å²) in [6.45, 7) is -3.29. The van der Waals surface area contributed by atoms with Crippen molar-refractivity contribution in [1.82, 2.24) is 15.1 Å². The van der Waals surface area contributed by atoms with E-state index in [0.29, 0.717) is 19.6 Å². The van der Waals surface area contributed by atoms with Crippen LogP contribution in [0.15, 0.2) is 107 Å². The second kappa shape index (κ2) is 16.4. The molecular weight excluding hydrogens is 816 g/mol. The summed E-state index contributed by atoms with van der Waals surface area (Å²) >= 11 is 0. The predicted octanol–water partition coefficient (Wildman–Crippen LogP) is 9.80. The van der Waals surface area contributed by atoms with Gasteiger partial charge in [-0.25, -0.2) is 4.79 Å². The molecule has 0 aromatic heterocycles. The average Bonchev–Trinajstić information content (AvgIpc) is 3.16. The fraction of sp³-hybridized carbons (Fsp3) is 0.410. The van der Waals surface area contributed by atoms with Crippen LogP contribution in [-0.4, -0.2) is 74.2 Å². The van der Waals surface area contributed by atoms with E-state index in [-0.39, 0.29) is 52.4 Å². The molecule has 5 aliphatic rings. The molecule has 0 amide bonds. The van der Waals surface area contributed by atoms with Crippen molar-refractivity contribution < 1.29 is 50.4 Å². The Balaban J connectivity index is 1.14. The Labute approximate surface area is 332 Å². The van der Waals surface area contributed by atoms with Crippen LogP contribution in [0.1, 0.15) is 56.3 Å². The molecule has 1 N–H and O–H groups in total. The minimum absolute atomic E-state index is 0.0409. The van der Waals surface area contributed by atoms with Crippen LogP contribution < -0.4 is 10.1 Å². The topological polar surface area (TPSA) is 141 Å². The normalized spacial score (nSPS) is 27.5. The second-order valence-electron chi connectivity index (χ2n) is 15.2. The third-order valence-electron chi connectivity index (χ3n) is 11.0. The van der Waals surface area contributed by atoms with Crippen LogP contribution >= 0.6 is 28.5 Å². The van der Waals surface area contributed by atoms with Gasteiger partial charge in [-0.2, -0.15) is 8.78 Å². The first kappa shape index (κ1) is 41.8. The number of benzene rings is 3. The molecule has 5 heterocycles. The largest absolute Gasteiger partial charge is 0.461 e. The van der Waals surface area contributed by atoms with Crippen molar-refractivity contribution in [1.29, 1.82) is 0 Å². The van der Waals surface area contributed by atoms with Crippen LogP contribution in [0.3, 0.4) is 0 Å². The summed E-state index contributed by atoms with van der Waals surface area (Å²) in [6.07, 6.45) is -1.36. The number of nitrogens with zero attached hydrogens (tertiary/aromatic N) is 2. The smallest absolute Gasteiger partial charge is 0.398 e. The van der Waals surface area contributed by atoms with Gasteiger partial charge < -0.3 is 19.4 Å². The lowest BCUT2D eigenvalue weighted by Gasteiger charge is -2.53. The number of rotatable bonds is 13. The Hall–Kier alpha value is -3.30. The molecule has 2 bridgehead atoms. The van der Waals surface area contributed by atoms with Crippen LogP contribution in [0.5, 0.6) is 5.75 Å². The van der Waals surface area contributed by atoms with Gasteiger partial charge in [-0.3, -0.25) is 32.5 Å². The number of allylic oxidation sites excluding steroid dienone is 3. The number of nitrogens with one attached hydrogen (secondary N) is 1. The molecule has 18 heteroatoms. The number of carbonyl (C=O) groups is 1. The van der Waals surface area contributed by atoms with Crippen molar-refractivity contribution in [2.24, 2.45) is 5.41 Å². The molecule has 3 aromatic rings. The van der Waals surface area contributed by atoms with Crippen LogP contribution in [0.4, 0.5) is 8.78 Å². The highest BCUT2D eigenvalue weighted by atomic mass is 32.7. The molecule has 0 saturated carbocycles. The Morgan fingerprint density at radius 2 is 1.51 bits per heavy atom. The Kier molecular flexibility index (Phi) is 12.0. The number of esters is 1. The number of hydrogen-bond donors (Lipinski definition) is 1. The van der Waals surface area contributed by atoms with Gasteiger partial charge in [0.05, 0.1) is 17.5 Å². The number of alkyl halides is 2. The molecule has 57 heavy (non-hydrogen) atoms. The lowest BCUT2D eigenvalue weighted by atomic mass is 9.86. The fourth-order valence-electron chi connectivity index (χ4n) is 8.23. The van der Waals surface area contributed by atoms with Gasteiger partial charge in [-0.1, -0.05) is 92.7 Å². The van der Waals surface area contributed by atoms with Gasteiger partial charge in [-0.05, 0) is 31.0 Å². The molecule has 4 saturated heterocycles. The van der Waals surface area contributed by atoms with E-state index in [1.165, 1.54) is 42.3 Å². The first-order valence-corrected chi connectivity index (χ1v) is 26.7. The minimum atomic E-state index is -4.89. The lowest BCUT2D eigenvalue weighted by molar-refractivity contribution is -0.151. The fourth-order valence-corrected chi connectivity index (χ4v) is 31.3. The number of hydrogen-bond acceptors (Lipinski definition) is 12. The number of fused-ring (bicyclic) bond motifs is 2. The monoisotopic (exact) mass is 861 g/mol. The lowest BCUT2D eigenvalue weighted by Crippen LogP contribution is -2.48. The molecule has 0 radical (unpaired) electrons. The molecule has 8 rings (SSSR count). The minimum Gasteiger partial charge on any atom is -0.461 e. The number of ether oxygens (including phenoxy) is 2. The molecule has 0 spiro atoms. The highest BCUT2D eigenvalue weighted by Crippen LogP contribution is 3.11. The molecular formula is C39H45F2N3O9P4. The van der Waals surface area contributed by atoms with Crippen molar-refractivity contribution in [3.63, 3.8) is 0 Å². The average molecular weight is 862 g/mol. The molecule has 4 fully saturated rings. The van der Waals surface area contributed by atoms with Crippen molar-refractivity contribution in [3.8, 4) is 5.75 Å². The Bertz CT molecular complexity index is 2180. The van der Waals surface area contributed by atoms with E-state index in [2.05, 4.69) is 39.4 Å². The maximum absolute atomic E-state index is 15.4. The molecule has 3 unspecified atom stereocenters. The molecule has 3 aromatic carbocycles. The number of para-hydroxylation sites is 1. The van der Waals surface area contributed by atoms with Crippen molar-refractivity contribution in [3.05, 3.63) is 124 Å². The molecule has 0 aliphatic carbocycles. The number of carbonyl (C=O) groups excluding carboxylic acids is 1. The molecule has 3 atom stereocenters. The summed E-state index contributed by atoms with van der Waals surface area (Å²) in [4.78, 5) is 18.9. The van der Waals surface area contributed by atoms with Gasteiger partial charge in [0, 0.05) is 66.6 Å². The zero-order chi connectivity index (χ0) is 40.8. The van der Waals surface area contributed by atoms with Gasteiger partial charge >= 0.3 is 19.9 Å². The van der Waals surface area contributed by atoms with Gasteiger partial charge in [0.25, 0.3) is 13.0 Å². The molecule has 5 aliphatic heterocycles. The Morgan fingerprint density at radius 3 is 2.09 bits per heavy atom. The van der Waals surface area contributed by atoms with Crippen LogP contribution in [0.2, 0.25) is 0 Å². The van der Waals surface area contributed by atoms with Gasteiger partial charge in [0.1, 0.15) is 12.4 Å². The third-order valence-corrected chi connectivity index (χ3v) is 33.1. The third kappa shape index (κ3) is 7.69. The molecule has 304 valence electrons. The van der Waals surface area contributed by atoms with Crippen LogP contribution in [0, 0.1) is 5.41 Å². The first-order chi connectivity index (χ1) is 27.1. The summed E-state index contributed by atoms with van der Waals surface area (Å²) in [6, 6.07) is 26.3. The van der Waals surface area contributed by atoms with Gasteiger partial charge in [0.2, 0.25) is 8.15 Å². The van der Waals surface area contributed by atoms with Crippen molar-refractivity contribution in [2.75, 3.05) is 45.5 Å². The summed E-state index contributed by atoms with van der Waals surface area (Å²) < 4.78 is 107. The Morgan fingerprint density at radius 1 is 0.930 bits per heavy atom. The highest BCUT2D eigenvalue weighted by molar-refractivity contribution is 8.78. The zero-order valence-corrected chi connectivity index (χ0v) is 35.5. The number of dihydropyridines is 1. The summed E-state index contributed by atoms with van der Waals surface area (Å²) in [5.41, 5.74) is 1.50. The van der Waals surface area contributed by atoms with Crippen LogP contribution in [-0.2, 0) is 36.8 Å². The first-order valence-electron chi connectivity index (χ1n) is 18.6. The van der Waals surface area contributed by atoms with E-state index in [1.807, 2.05) is 36.4 Å². The highest BCUT2D eigenvalue weighted by Gasteiger charge is 2.75. The van der Waals surface area contributed by atoms with E-state index in [1.54, 1.807) is 20.8 Å². The van der Waals surface area contributed by atoms with Crippen molar-refractivity contribution >= 4 is 34.4 Å². The molecule has 12 nitrogen and oxygen atoms in total. The van der Waals surface area contributed by atoms with Gasteiger partial charge in [-0.15, -0.1) is 0 Å². The predicted molar refractivity (Wildman–Crippen MR) is 213 cm³/mol. The maximum Gasteiger partial charge on any atom is 0.398 e. The number of halogens is 2. The summed E-state index contributed by atoms with van der Waals surface area (Å²) in [7, 11) is -5.67. The van der Waals surface area contributed by atoms with Crippen molar-refractivity contribution in [2.45, 2.75) is 52.6 Å². The van der Waals surface area contributed by atoms with E-state index >= 15 is 9.13 Å². The summed E-state index contributed by atoms with van der Waals surface area (Å²) in [5, 5.41) is 2.71. The zero-order valence-electron chi connectivity index (χ0n) is 32.0. The second-order valence-corrected chi connectivity index (χ2v) is 31.1. The number of piperazine rings is 1. The van der Waals surface area contributed by atoms with E-state index < -0.39 is 58.7 Å². The van der Waals surface area contributed by atoms with E-state index in [4.69, 9.17) is 18.5 Å². The SMILES string of the molecule is CC1=C(C(=O)OCCN2CCN(C(c3ccccc3)c3ccccc3)CC2)C(c2ccccc2OC(F)F)C(P(=O)(P=O)P2(=O)CC(C)(C)C3OP2(=O)O3)=C(C)N1. The van der Waals surface area contributed by atoms with Crippen LogP contribution in [0.25, 0.3) is 0 Å². The van der Waals surface area contributed by atoms with E-state index in [0.717, 1.165) is 13.1 Å². The standard InChI is InChI=1S/C39H45F2N3O9P4/c1-26-32(36(45)50-24-23-43-19-21-44(22-20-43)34(28-13-7-5-8-14-28)29-15-9-6-10-16-29)33(30-17-11-12-18-31(30)51-38(40)41)35(27(2)42-26)56(48,54-46)55(47)25-39(3,4)37-52-57(55,49)53-37/h5-18,33-34,37-38,42H,19-25H2,1-4H3. The maximum atomic E-state index is 15.4.